The molecule has 7 heteroatoms. The predicted octanol–water partition coefficient (Wildman–Crippen LogP) is 0.787. The average Bonchev–Trinajstić information content (AvgIpc) is 2.96. The maximum absolute atomic E-state index is 11.7. The fraction of sp³-hybridized carbons (Fsp3) is 0.688. The highest BCUT2D eigenvalue weighted by Gasteiger charge is 2.23. The van der Waals surface area contributed by atoms with E-state index >= 15 is 0 Å². The molecule has 1 aliphatic rings. The van der Waals surface area contributed by atoms with Crippen LogP contribution in [-0.4, -0.2) is 65.1 Å². The minimum atomic E-state index is -0.0980. The van der Waals surface area contributed by atoms with Gasteiger partial charge in [0, 0.05) is 38.1 Å². The summed E-state index contributed by atoms with van der Waals surface area (Å²) in [5.74, 6) is 1.45. The zero-order valence-electron chi connectivity index (χ0n) is 14.3. The van der Waals surface area contributed by atoms with Crippen LogP contribution >= 0.6 is 0 Å². The molecular formula is C16H27N5O2. The van der Waals surface area contributed by atoms with Gasteiger partial charge in [0.2, 0.25) is 11.8 Å². The summed E-state index contributed by atoms with van der Waals surface area (Å²) in [6.07, 6.45) is 1.69. The largest absolute Gasteiger partial charge is 0.352 e. The van der Waals surface area contributed by atoms with Gasteiger partial charge in [-0.05, 0) is 0 Å². The smallest absolute Gasteiger partial charge is 0.240 e. The molecule has 0 aliphatic carbocycles. The van der Waals surface area contributed by atoms with Crippen molar-refractivity contribution < 1.29 is 9.32 Å². The summed E-state index contributed by atoms with van der Waals surface area (Å²) in [5.41, 5.74) is -0.0980. The summed E-state index contributed by atoms with van der Waals surface area (Å²) in [6.45, 7) is 14.9. The minimum Gasteiger partial charge on any atom is -0.352 e. The van der Waals surface area contributed by atoms with Crippen LogP contribution in [0, 0.1) is 0 Å². The maximum atomic E-state index is 11.7. The predicted molar refractivity (Wildman–Crippen MR) is 87.9 cm³/mol. The van der Waals surface area contributed by atoms with Crippen molar-refractivity contribution in [3.8, 4) is 0 Å². The zero-order chi connectivity index (χ0) is 16.9. The summed E-state index contributed by atoms with van der Waals surface area (Å²) in [7, 11) is 0. The maximum Gasteiger partial charge on any atom is 0.240 e. The molecule has 7 nitrogen and oxygen atoms in total. The van der Waals surface area contributed by atoms with E-state index < -0.39 is 0 Å². The van der Waals surface area contributed by atoms with Crippen LogP contribution in [0.2, 0.25) is 0 Å². The number of nitrogens with zero attached hydrogens (tertiary/aromatic N) is 4. The quantitative estimate of drug-likeness (QED) is 0.781. The molecule has 0 bridgehead atoms. The molecule has 0 atom stereocenters. The van der Waals surface area contributed by atoms with E-state index in [0.717, 1.165) is 32.0 Å². The van der Waals surface area contributed by atoms with E-state index in [0.29, 0.717) is 25.5 Å². The Bertz CT molecular complexity index is 527. The van der Waals surface area contributed by atoms with Gasteiger partial charge in [-0.2, -0.15) is 4.98 Å². The number of amides is 1. The van der Waals surface area contributed by atoms with Gasteiger partial charge in [-0.3, -0.25) is 14.6 Å². The molecule has 0 aromatic carbocycles. The van der Waals surface area contributed by atoms with Crippen molar-refractivity contribution in [1.29, 1.82) is 0 Å². The third-order valence-corrected chi connectivity index (χ3v) is 3.77. The van der Waals surface area contributed by atoms with Gasteiger partial charge in [0.05, 0.1) is 13.1 Å². The standard InChI is InChI=1S/C16H27N5O2/c1-5-6-17-13(22)11-20-7-9-21(10-8-20)12-14-18-15(19-23-14)16(2,3)4/h5H,1,6-12H2,2-4H3,(H,17,22). The van der Waals surface area contributed by atoms with Crippen LogP contribution < -0.4 is 5.32 Å². The van der Waals surface area contributed by atoms with E-state index in [4.69, 9.17) is 4.52 Å². The average molecular weight is 321 g/mol. The molecule has 0 spiro atoms. The second kappa shape index (κ2) is 7.70. The second-order valence-electron chi connectivity index (χ2n) is 6.91. The molecule has 128 valence electrons. The summed E-state index contributed by atoms with van der Waals surface area (Å²) < 4.78 is 5.34. The van der Waals surface area contributed by atoms with E-state index in [1.165, 1.54) is 0 Å². The Morgan fingerprint density at radius 3 is 2.52 bits per heavy atom. The van der Waals surface area contributed by atoms with Crippen LogP contribution in [0.1, 0.15) is 32.5 Å². The van der Waals surface area contributed by atoms with Gasteiger partial charge in [0.15, 0.2) is 5.82 Å². The summed E-state index contributed by atoms with van der Waals surface area (Å²) in [6, 6.07) is 0. The van der Waals surface area contributed by atoms with Crippen LogP contribution in [0.3, 0.4) is 0 Å². The number of rotatable bonds is 6. The van der Waals surface area contributed by atoms with Crippen LogP contribution in [-0.2, 0) is 16.8 Å². The first-order valence-corrected chi connectivity index (χ1v) is 8.04. The lowest BCUT2D eigenvalue weighted by Gasteiger charge is -2.33. The number of carbonyl (C=O) groups is 1. The molecule has 1 aliphatic heterocycles. The lowest BCUT2D eigenvalue weighted by Crippen LogP contribution is -2.49. The lowest BCUT2D eigenvalue weighted by atomic mass is 9.96. The number of aromatic nitrogens is 2. The van der Waals surface area contributed by atoms with Gasteiger partial charge in [-0.25, -0.2) is 0 Å². The SMILES string of the molecule is C=CCNC(=O)CN1CCN(Cc2nc(C(C)(C)C)no2)CC1. The van der Waals surface area contributed by atoms with E-state index in [2.05, 4.69) is 52.6 Å². The molecule has 2 heterocycles. The lowest BCUT2D eigenvalue weighted by molar-refractivity contribution is -0.122. The molecule has 1 N–H and O–H groups in total. The minimum absolute atomic E-state index is 0.0464. The fourth-order valence-electron chi connectivity index (χ4n) is 2.37. The molecule has 0 radical (unpaired) electrons. The van der Waals surface area contributed by atoms with Crippen LogP contribution in [0.4, 0.5) is 0 Å². The topological polar surface area (TPSA) is 74.5 Å². The number of carbonyl (C=O) groups excluding carboxylic acids is 1. The molecule has 1 amide bonds. The van der Waals surface area contributed by atoms with Gasteiger partial charge in [-0.15, -0.1) is 6.58 Å². The van der Waals surface area contributed by atoms with Crippen molar-refractivity contribution in [3.63, 3.8) is 0 Å². The number of piperazine rings is 1. The van der Waals surface area contributed by atoms with Crippen molar-refractivity contribution >= 4 is 5.91 Å². The third-order valence-electron chi connectivity index (χ3n) is 3.77. The third kappa shape index (κ3) is 5.44. The highest BCUT2D eigenvalue weighted by Crippen LogP contribution is 2.19. The summed E-state index contributed by atoms with van der Waals surface area (Å²) >= 11 is 0. The Kier molecular flexibility index (Phi) is 5.90. The Morgan fingerprint density at radius 2 is 1.96 bits per heavy atom. The Hall–Kier alpha value is -1.73. The van der Waals surface area contributed by atoms with Crippen molar-refractivity contribution in [2.24, 2.45) is 0 Å². The molecule has 2 rings (SSSR count). The molecule has 0 unspecified atom stereocenters. The first kappa shape index (κ1) is 17.6. The second-order valence-corrected chi connectivity index (χ2v) is 6.91. The summed E-state index contributed by atoms with van der Waals surface area (Å²) in [5, 5.41) is 6.85. The van der Waals surface area contributed by atoms with Crippen molar-refractivity contribution in [2.75, 3.05) is 39.3 Å². The zero-order valence-corrected chi connectivity index (χ0v) is 14.3. The van der Waals surface area contributed by atoms with Gasteiger partial charge in [-0.1, -0.05) is 32.0 Å². The van der Waals surface area contributed by atoms with E-state index in [-0.39, 0.29) is 11.3 Å². The molecule has 1 aromatic rings. The van der Waals surface area contributed by atoms with E-state index in [1.807, 2.05) is 0 Å². The van der Waals surface area contributed by atoms with Gasteiger partial charge >= 0.3 is 0 Å². The van der Waals surface area contributed by atoms with Gasteiger partial charge in [0.1, 0.15) is 0 Å². The Morgan fingerprint density at radius 1 is 1.30 bits per heavy atom. The first-order chi connectivity index (χ1) is 10.9. The fourth-order valence-corrected chi connectivity index (χ4v) is 2.37. The summed E-state index contributed by atoms with van der Waals surface area (Å²) in [4.78, 5) is 20.6. The van der Waals surface area contributed by atoms with Crippen LogP contribution in [0.5, 0.6) is 0 Å². The molecule has 1 fully saturated rings. The number of hydrogen-bond donors (Lipinski definition) is 1. The number of nitrogens with one attached hydrogen (secondary N) is 1. The van der Waals surface area contributed by atoms with Gasteiger partial charge < -0.3 is 9.84 Å². The normalized spacial score (nSPS) is 17.2. The van der Waals surface area contributed by atoms with Crippen LogP contribution in [0.15, 0.2) is 17.2 Å². The number of hydrogen-bond acceptors (Lipinski definition) is 6. The van der Waals surface area contributed by atoms with Crippen molar-refractivity contribution in [2.45, 2.75) is 32.7 Å². The van der Waals surface area contributed by atoms with Crippen molar-refractivity contribution in [3.05, 3.63) is 24.4 Å². The Labute approximate surface area is 137 Å². The molecule has 23 heavy (non-hydrogen) atoms. The molecule has 1 aromatic heterocycles. The molecular weight excluding hydrogens is 294 g/mol. The van der Waals surface area contributed by atoms with Crippen molar-refractivity contribution in [1.82, 2.24) is 25.3 Å². The highest BCUT2D eigenvalue weighted by molar-refractivity contribution is 5.78. The van der Waals surface area contributed by atoms with Crippen LogP contribution in [0.25, 0.3) is 0 Å². The highest BCUT2D eigenvalue weighted by atomic mass is 16.5. The molecule has 0 saturated carbocycles. The monoisotopic (exact) mass is 321 g/mol. The Balaban J connectivity index is 1.75. The van der Waals surface area contributed by atoms with Gasteiger partial charge in [0.25, 0.3) is 0 Å². The molecule has 1 saturated heterocycles. The first-order valence-electron chi connectivity index (χ1n) is 8.04. The van der Waals surface area contributed by atoms with E-state index in [1.54, 1.807) is 6.08 Å². The van der Waals surface area contributed by atoms with E-state index in [9.17, 15) is 4.79 Å².